The van der Waals surface area contributed by atoms with Crippen molar-refractivity contribution in [3.05, 3.63) is 0 Å². The van der Waals surface area contributed by atoms with Crippen LogP contribution in [0.3, 0.4) is 0 Å². The predicted molar refractivity (Wildman–Crippen MR) is 127 cm³/mol. The molecule has 0 spiro atoms. The number of nitrogens with one attached hydrogen (secondary N) is 1. The highest BCUT2D eigenvalue weighted by atomic mass is 32.2. The zero-order chi connectivity index (χ0) is 27.0. The van der Waals surface area contributed by atoms with Gasteiger partial charge in [-0.2, -0.15) is 0 Å². The summed E-state index contributed by atoms with van der Waals surface area (Å²) in [5.41, 5.74) is 0. The number of hydrogen-bond acceptors (Lipinski definition) is 13. The molecule has 1 N–H and O–H groups in total. The third kappa shape index (κ3) is 12.9. The second kappa shape index (κ2) is 17.0. The lowest BCUT2D eigenvalue weighted by Crippen LogP contribution is -2.54. The molecule has 1 aliphatic rings. The third-order valence-electron chi connectivity index (χ3n) is 4.89. The molecule has 1 heterocycles. The maximum absolute atomic E-state index is 12.9. The molecular formula is C22H36N2O11S. The molecule has 1 amide bonds. The van der Waals surface area contributed by atoms with Crippen molar-refractivity contribution in [3.63, 3.8) is 0 Å². The van der Waals surface area contributed by atoms with E-state index in [1.807, 2.05) is 0 Å². The molecule has 0 unspecified atom stereocenters. The molecule has 1 saturated heterocycles. The zero-order valence-corrected chi connectivity index (χ0v) is 22.0. The molecule has 1 fully saturated rings. The van der Waals surface area contributed by atoms with E-state index < -0.39 is 53.7 Å². The van der Waals surface area contributed by atoms with E-state index in [2.05, 4.69) is 10.2 Å². The Hall–Kier alpha value is -2.58. The first kappa shape index (κ1) is 31.4. The number of esters is 3. The smallest absolute Gasteiger partial charge is 0.410 e. The molecule has 36 heavy (non-hydrogen) atoms. The van der Waals surface area contributed by atoms with Gasteiger partial charge in [0, 0.05) is 32.5 Å². The summed E-state index contributed by atoms with van der Waals surface area (Å²) in [6.45, 7) is 8.70. The van der Waals surface area contributed by atoms with Gasteiger partial charge in [-0.15, -0.1) is 0 Å². The van der Waals surface area contributed by atoms with Gasteiger partial charge in [-0.3, -0.25) is 14.5 Å². The SMILES string of the molecule is CCC(=O)OCOC(=O)N[C@@H](C(=O)OCCCN1CCOCC1)C(C)(C)SC(=O)OCOC(=O)CC. The highest BCUT2D eigenvalue weighted by Crippen LogP contribution is 2.31. The number of ether oxygens (including phenoxy) is 6. The normalized spacial score (nSPS) is 14.8. The maximum atomic E-state index is 12.9. The van der Waals surface area contributed by atoms with E-state index in [-0.39, 0.29) is 19.4 Å². The van der Waals surface area contributed by atoms with Gasteiger partial charge in [0.25, 0.3) is 0 Å². The van der Waals surface area contributed by atoms with E-state index in [0.29, 0.717) is 37.9 Å². The summed E-state index contributed by atoms with van der Waals surface area (Å²) in [5.74, 6) is -1.90. The van der Waals surface area contributed by atoms with E-state index >= 15 is 0 Å². The first-order valence-electron chi connectivity index (χ1n) is 11.7. The number of thioether (sulfide) groups is 1. The largest absolute Gasteiger partial charge is 0.464 e. The van der Waals surface area contributed by atoms with Gasteiger partial charge in [0.1, 0.15) is 6.04 Å². The van der Waals surface area contributed by atoms with E-state index in [4.69, 9.17) is 28.4 Å². The van der Waals surface area contributed by atoms with Crippen LogP contribution in [0, 0.1) is 0 Å². The highest BCUT2D eigenvalue weighted by Gasteiger charge is 2.41. The molecule has 0 bridgehead atoms. The van der Waals surface area contributed by atoms with E-state index in [0.717, 1.165) is 13.1 Å². The number of carbonyl (C=O) groups is 5. The lowest BCUT2D eigenvalue weighted by atomic mass is 10.0. The molecule has 206 valence electrons. The first-order valence-corrected chi connectivity index (χ1v) is 12.5. The Balaban J connectivity index is 2.70. The minimum absolute atomic E-state index is 0.0929. The fraction of sp³-hybridized carbons (Fsp3) is 0.773. The minimum atomic E-state index is -1.33. The summed E-state index contributed by atoms with van der Waals surface area (Å²) < 4.78 is 28.5. The zero-order valence-electron chi connectivity index (χ0n) is 21.2. The van der Waals surface area contributed by atoms with Crippen molar-refractivity contribution in [2.75, 3.05) is 53.0 Å². The minimum Gasteiger partial charge on any atom is -0.464 e. The third-order valence-corrected chi connectivity index (χ3v) is 5.94. The van der Waals surface area contributed by atoms with Gasteiger partial charge in [-0.05, 0) is 32.0 Å². The van der Waals surface area contributed by atoms with Crippen molar-refractivity contribution in [2.45, 2.75) is 57.7 Å². The fourth-order valence-electron chi connectivity index (χ4n) is 2.84. The van der Waals surface area contributed by atoms with Gasteiger partial charge in [-0.25, -0.2) is 14.4 Å². The molecule has 1 atom stereocenters. The van der Waals surface area contributed by atoms with Crippen molar-refractivity contribution >= 4 is 41.1 Å². The van der Waals surface area contributed by atoms with Crippen LogP contribution in [0.1, 0.15) is 47.0 Å². The molecule has 0 aromatic carbocycles. The Bertz CT molecular complexity index is 742. The first-order chi connectivity index (χ1) is 17.1. The maximum Gasteiger partial charge on any atom is 0.410 e. The molecular weight excluding hydrogens is 500 g/mol. The van der Waals surface area contributed by atoms with Crippen LogP contribution < -0.4 is 5.32 Å². The van der Waals surface area contributed by atoms with Crippen molar-refractivity contribution in [2.24, 2.45) is 0 Å². The van der Waals surface area contributed by atoms with E-state index in [1.54, 1.807) is 13.8 Å². The standard InChI is InChI=1S/C22H36N2O11S/c1-5-16(25)32-14-34-20(28)23-18(19(27)31-11-7-8-24-9-12-30-13-10-24)22(3,4)36-21(29)35-15-33-17(26)6-2/h18H,5-15H2,1-4H3,(H,23,28)/t18-/m0/s1. The van der Waals surface area contributed by atoms with Crippen LogP contribution in [0.5, 0.6) is 0 Å². The number of nitrogens with zero attached hydrogens (tertiary/aromatic N) is 1. The van der Waals surface area contributed by atoms with E-state index in [9.17, 15) is 24.0 Å². The van der Waals surface area contributed by atoms with Crippen LogP contribution >= 0.6 is 11.8 Å². The topological polar surface area (TPSA) is 156 Å². The van der Waals surface area contributed by atoms with Crippen molar-refractivity contribution in [3.8, 4) is 0 Å². The van der Waals surface area contributed by atoms with Gasteiger partial charge in [0.2, 0.25) is 13.6 Å². The van der Waals surface area contributed by atoms with Crippen molar-refractivity contribution in [1.82, 2.24) is 10.2 Å². The summed E-state index contributed by atoms with van der Waals surface area (Å²) in [6, 6.07) is -1.33. The van der Waals surface area contributed by atoms with Gasteiger partial charge in [0.05, 0.1) is 24.6 Å². The fourth-order valence-corrected chi connectivity index (χ4v) is 3.65. The second-order valence-electron chi connectivity index (χ2n) is 8.06. The summed E-state index contributed by atoms with van der Waals surface area (Å²) in [7, 11) is 0. The lowest BCUT2D eigenvalue weighted by molar-refractivity contribution is -0.153. The number of rotatable bonds is 14. The van der Waals surface area contributed by atoms with Gasteiger partial charge in [0.15, 0.2) is 0 Å². The molecule has 0 radical (unpaired) electrons. The van der Waals surface area contributed by atoms with Crippen LogP contribution in [-0.4, -0.2) is 98.0 Å². The number of amides is 1. The Morgan fingerprint density at radius 3 is 2.08 bits per heavy atom. The highest BCUT2D eigenvalue weighted by molar-refractivity contribution is 8.14. The molecule has 13 nitrogen and oxygen atoms in total. The lowest BCUT2D eigenvalue weighted by Gasteiger charge is -2.31. The Morgan fingerprint density at radius 2 is 1.50 bits per heavy atom. The van der Waals surface area contributed by atoms with Crippen molar-refractivity contribution < 1.29 is 52.4 Å². The summed E-state index contributed by atoms with van der Waals surface area (Å²) >= 11 is 0.603. The Morgan fingerprint density at radius 1 is 0.917 bits per heavy atom. The molecule has 14 heteroatoms. The Labute approximate surface area is 214 Å². The van der Waals surface area contributed by atoms with Gasteiger partial charge in [-0.1, -0.05) is 13.8 Å². The summed E-state index contributed by atoms with van der Waals surface area (Å²) in [6.07, 6.45) is -0.263. The van der Waals surface area contributed by atoms with Gasteiger partial charge >= 0.3 is 29.3 Å². The van der Waals surface area contributed by atoms with Crippen LogP contribution in [0.4, 0.5) is 9.59 Å². The van der Waals surface area contributed by atoms with Crippen LogP contribution in [0.25, 0.3) is 0 Å². The number of hydrogen-bond donors (Lipinski definition) is 1. The average molecular weight is 537 g/mol. The molecule has 0 aromatic heterocycles. The van der Waals surface area contributed by atoms with Crippen LogP contribution in [0.2, 0.25) is 0 Å². The van der Waals surface area contributed by atoms with Crippen LogP contribution in [0.15, 0.2) is 0 Å². The molecule has 0 aromatic rings. The van der Waals surface area contributed by atoms with Crippen LogP contribution in [-0.2, 0) is 42.8 Å². The van der Waals surface area contributed by atoms with Gasteiger partial charge < -0.3 is 33.7 Å². The Kier molecular flexibility index (Phi) is 14.8. The van der Waals surface area contributed by atoms with E-state index in [1.165, 1.54) is 13.8 Å². The quantitative estimate of drug-likeness (QED) is 0.149. The molecule has 0 aliphatic carbocycles. The number of carbonyl (C=O) groups excluding carboxylic acids is 5. The second-order valence-corrected chi connectivity index (χ2v) is 9.65. The monoisotopic (exact) mass is 536 g/mol. The molecule has 0 saturated carbocycles. The number of morpholine rings is 1. The molecule has 1 rings (SSSR count). The molecule has 1 aliphatic heterocycles. The summed E-state index contributed by atoms with van der Waals surface area (Å²) in [5, 5.41) is 1.53. The van der Waals surface area contributed by atoms with Crippen molar-refractivity contribution in [1.29, 1.82) is 0 Å². The predicted octanol–water partition coefficient (Wildman–Crippen LogP) is 1.82. The average Bonchev–Trinajstić information content (AvgIpc) is 2.84. The number of alkyl carbamates (subject to hydrolysis) is 1. The summed E-state index contributed by atoms with van der Waals surface area (Å²) in [4.78, 5) is 61.9.